The van der Waals surface area contributed by atoms with Gasteiger partial charge < -0.3 is 4.55 Å². The van der Waals surface area contributed by atoms with E-state index in [9.17, 15) is 8.94 Å². The van der Waals surface area contributed by atoms with Crippen molar-refractivity contribution in [2.24, 2.45) is 0 Å². The van der Waals surface area contributed by atoms with Crippen LogP contribution in [0.3, 0.4) is 0 Å². The molecule has 1 aromatic heterocycles. The van der Waals surface area contributed by atoms with Crippen LogP contribution in [0.15, 0.2) is 53.6 Å². The van der Waals surface area contributed by atoms with Gasteiger partial charge in [-0.2, -0.15) is 0 Å². The fourth-order valence-electron chi connectivity index (χ4n) is 2.52. The Morgan fingerprint density at radius 2 is 1.95 bits per heavy atom. The van der Waals surface area contributed by atoms with Gasteiger partial charge in [0, 0.05) is 22.7 Å². The molecule has 98 valence electrons. The van der Waals surface area contributed by atoms with Crippen LogP contribution in [0.25, 0.3) is 22.0 Å². The third-order valence-electron chi connectivity index (χ3n) is 3.41. The Labute approximate surface area is 117 Å². The third kappa shape index (κ3) is 1.54. The molecule has 0 radical (unpaired) electrons. The second-order valence-corrected chi connectivity index (χ2v) is 5.73. The fourth-order valence-corrected chi connectivity index (χ4v) is 3.60. The van der Waals surface area contributed by atoms with Crippen molar-refractivity contribution in [2.75, 3.05) is 4.72 Å². The molecule has 3 aromatic rings. The maximum atomic E-state index is 14.2. The molecule has 0 saturated heterocycles. The number of halogens is 1. The lowest BCUT2D eigenvalue weighted by Crippen LogP contribution is -2.19. The Morgan fingerprint density at radius 1 is 1.10 bits per heavy atom. The predicted octanol–water partition coefficient (Wildman–Crippen LogP) is 3.49. The number of aromatic nitrogens is 1. The average Bonchev–Trinajstić information content (AvgIpc) is 2.49. The smallest absolute Gasteiger partial charge is 0.187 e. The molecule has 1 aliphatic heterocycles. The predicted molar refractivity (Wildman–Crippen MR) is 77.2 cm³/mol. The Kier molecular flexibility index (Phi) is 2.45. The van der Waals surface area contributed by atoms with Crippen LogP contribution in [0.5, 0.6) is 0 Å². The average molecular weight is 284 g/mol. The molecule has 0 bridgehead atoms. The molecule has 0 aliphatic carbocycles. The highest BCUT2D eigenvalue weighted by Crippen LogP contribution is 2.42. The Balaban J connectivity index is 2.13. The minimum Gasteiger partial charge on any atom is -0.588 e. The first-order valence-electron chi connectivity index (χ1n) is 6.11. The zero-order valence-corrected chi connectivity index (χ0v) is 11.1. The van der Waals surface area contributed by atoms with Crippen molar-refractivity contribution in [2.45, 2.75) is 4.90 Å². The van der Waals surface area contributed by atoms with E-state index in [2.05, 4.69) is 9.71 Å². The van der Waals surface area contributed by atoms with Crippen molar-refractivity contribution in [3.05, 3.63) is 54.5 Å². The maximum absolute atomic E-state index is 14.2. The van der Waals surface area contributed by atoms with Gasteiger partial charge in [-0.05, 0) is 30.3 Å². The molecule has 3 nitrogen and oxygen atoms in total. The van der Waals surface area contributed by atoms with E-state index in [1.54, 1.807) is 24.4 Å². The van der Waals surface area contributed by atoms with Gasteiger partial charge in [0.05, 0.1) is 0 Å². The van der Waals surface area contributed by atoms with Gasteiger partial charge in [0.15, 0.2) is 4.90 Å². The lowest BCUT2D eigenvalue weighted by Gasteiger charge is -2.23. The molecule has 0 fully saturated rings. The molecule has 5 heteroatoms. The Morgan fingerprint density at radius 3 is 2.85 bits per heavy atom. The molecule has 4 rings (SSSR count). The number of benzene rings is 2. The van der Waals surface area contributed by atoms with Crippen molar-refractivity contribution in [1.29, 1.82) is 0 Å². The Hall–Kier alpha value is -2.11. The molecule has 1 atom stereocenters. The topological polar surface area (TPSA) is 48.0 Å². The number of fused-ring (bicyclic) bond motifs is 5. The highest BCUT2D eigenvalue weighted by molar-refractivity contribution is 7.93. The molecular weight excluding hydrogens is 275 g/mol. The second-order valence-electron chi connectivity index (χ2n) is 4.55. The summed E-state index contributed by atoms with van der Waals surface area (Å²) < 4.78 is 29.4. The number of hydrogen-bond acceptors (Lipinski definition) is 3. The van der Waals surface area contributed by atoms with E-state index in [0.29, 0.717) is 27.0 Å². The van der Waals surface area contributed by atoms with Crippen LogP contribution in [0.4, 0.5) is 10.1 Å². The maximum Gasteiger partial charge on any atom is 0.187 e. The first-order chi connectivity index (χ1) is 9.75. The largest absolute Gasteiger partial charge is 0.588 e. The summed E-state index contributed by atoms with van der Waals surface area (Å²) >= 11 is -1.35. The molecule has 0 spiro atoms. The zero-order chi connectivity index (χ0) is 13.7. The summed E-state index contributed by atoms with van der Waals surface area (Å²) in [5, 5.41) is 0.426. The van der Waals surface area contributed by atoms with Crippen LogP contribution in [0, 0.1) is 5.82 Å². The molecular formula is C15H9FN2OS. The van der Waals surface area contributed by atoms with E-state index >= 15 is 0 Å². The van der Waals surface area contributed by atoms with Crippen molar-refractivity contribution in [1.82, 2.24) is 4.98 Å². The number of anilines is 1. The standard InChI is InChI=1S/C15H9FN2OS/c16-12-8-11-9-4-1-2-6-13(9)20(19)18-15(11)14-10(12)5-3-7-17-14/h1-8,18H. The van der Waals surface area contributed by atoms with Gasteiger partial charge in [-0.25, -0.2) is 9.11 Å². The van der Waals surface area contributed by atoms with Crippen molar-refractivity contribution >= 4 is 28.0 Å². The lowest BCUT2D eigenvalue weighted by atomic mass is 10.0. The minimum atomic E-state index is -1.35. The minimum absolute atomic E-state index is 0.323. The molecule has 1 unspecified atom stereocenters. The Bertz CT molecular complexity index is 837. The first kappa shape index (κ1) is 11.7. The van der Waals surface area contributed by atoms with E-state index < -0.39 is 11.4 Å². The van der Waals surface area contributed by atoms with Gasteiger partial charge in [0.25, 0.3) is 0 Å². The molecule has 0 saturated carbocycles. The number of hydrogen-bond donors (Lipinski definition) is 1. The number of rotatable bonds is 0. The van der Waals surface area contributed by atoms with E-state index in [1.807, 2.05) is 18.2 Å². The van der Waals surface area contributed by atoms with E-state index in [1.165, 1.54) is 6.07 Å². The zero-order valence-electron chi connectivity index (χ0n) is 10.3. The molecule has 2 heterocycles. The monoisotopic (exact) mass is 284 g/mol. The van der Waals surface area contributed by atoms with E-state index in [-0.39, 0.29) is 5.82 Å². The summed E-state index contributed by atoms with van der Waals surface area (Å²) in [6, 6.07) is 12.1. The van der Waals surface area contributed by atoms with Crippen LogP contribution in [-0.2, 0) is 11.4 Å². The third-order valence-corrected chi connectivity index (χ3v) is 4.56. The quantitative estimate of drug-likeness (QED) is 0.643. The van der Waals surface area contributed by atoms with Crippen molar-refractivity contribution < 1.29 is 8.94 Å². The molecule has 2 aromatic carbocycles. The van der Waals surface area contributed by atoms with Crippen LogP contribution >= 0.6 is 0 Å². The molecule has 20 heavy (non-hydrogen) atoms. The van der Waals surface area contributed by atoms with Gasteiger partial charge in [-0.1, -0.05) is 12.1 Å². The summed E-state index contributed by atoms with van der Waals surface area (Å²) in [5.41, 5.74) is 2.61. The molecule has 0 amide bonds. The van der Waals surface area contributed by atoms with Gasteiger partial charge in [0.1, 0.15) is 28.4 Å². The van der Waals surface area contributed by atoms with Crippen LogP contribution in [0.1, 0.15) is 0 Å². The van der Waals surface area contributed by atoms with Gasteiger partial charge >= 0.3 is 0 Å². The highest BCUT2D eigenvalue weighted by atomic mass is 32.2. The van der Waals surface area contributed by atoms with Crippen molar-refractivity contribution in [3.63, 3.8) is 0 Å². The molecule has 1 N–H and O–H groups in total. The van der Waals surface area contributed by atoms with Crippen molar-refractivity contribution in [3.8, 4) is 11.1 Å². The SMILES string of the molecule is [O-][S+]1Nc2c(cc(F)c3cccnc23)-c2ccccc21. The van der Waals surface area contributed by atoms with E-state index in [0.717, 1.165) is 5.56 Å². The number of nitrogens with one attached hydrogen (secondary N) is 1. The lowest BCUT2D eigenvalue weighted by molar-refractivity contribution is 0.599. The molecule has 1 aliphatic rings. The van der Waals surface area contributed by atoms with Crippen LogP contribution in [-0.4, -0.2) is 9.54 Å². The summed E-state index contributed by atoms with van der Waals surface area (Å²) in [5.74, 6) is -0.323. The van der Waals surface area contributed by atoms with Crippen LogP contribution in [0.2, 0.25) is 0 Å². The van der Waals surface area contributed by atoms with Gasteiger partial charge in [-0.15, -0.1) is 0 Å². The number of nitrogens with zero attached hydrogens (tertiary/aromatic N) is 1. The van der Waals surface area contributed by atoms with E-state index in [4.69, 9.17) is 0 Å². The summed E-state index contributed by atoms with van der Waals surface area (Å²) in [4.78, 5) is 4.89. The van der Waals surface area contributed by atoms with Crippen LogP contribution < -0.4 is 4.72 Å². The fraction of sp³-hybridized carbons (Fsp3) is 0. The highest BCUT2D eigenvalue weighted by Gasteiger charge is 2.29. The summed E-state index contributed by atoms with van der Waals surface area (Å²) in [6.07, 6.45) is 1.60. The van der Waals surface area contributed by atoms with Gasteiger partial charge in [0.2, 0.25) is 0 Å². The van der Waals surface area contributed by atoms with Gasteiger partial charge in [-0.3, -0.25) is 4.98 Å². The first-order valence-corrected chi connectivity index (χ1v) is 7.26. The second kappa shape index (κ2) is 4.19. The normalized spacial score (nSPS) is 16.4. The number of pyridine rings is 1. The summed E-state index contributed by atoms with van der Waals surface area (Å²) in [6.45, 7) is 0. The summed E-state index contributed by atoms with van der Waals surface area (Å²) in [7, 11) is 0.